The lowest BCUT2D eigenvalue weighted by molar-refractivity contribution is 0.632. The Balaban J connectivity index is 2.63. The van der Waals surface area contributed by atoms with Gasteiger partial charge in [0.25, 0.3) is 0 Å². The summed E-state index contributed by atoms with van der Waals surface area (Å²) in [5.74, 6) is -0.175. The highest BCUT2D eigenvalue weighted by molar-refractivity contribution is 5.84. The monoisotopic (exact) mass is 206 g/mol. The SMILES string of the molecule is CC(N)Cc1cn(C)c2c(F)cccc12. The van der Waals surface area contributed by atoms with Gasteiger partial charge in [0.2, 0.25) is 0 Å². The Morgan fingerprint density at radius 3 is 2.87 bits per heavy atom. The Morgan fingerprint density at radius 1 is 1.47 bits per heavy atom. The van der Waals surface area contributed by atoms with Crippen molar-refractivity contribution in [3.05, 3.63) is 35.8 Å². The van der Waals surface area contributed by atoms with E-state index in [1.807, 2.05) is 30.8 Å². The molecule has 1 unspecified atom stereocenters. The Kier molecular flexibility index (Phi) is 2.49. The van der Waals surface area contributed by atoms with Crippen LogP contribution in [0.1, 0.15) is 12.5 Å². The first-order valence-corrected chi connectivity index (χ1v) is 5.07. The summed E-state index contributed by atoms with van der Waals surface area (Å²) in [6.45, 7) is 1.96. The number of fused-ring (bicyclic) bond motifs is 1. The van der Waals surface area contributed by atoms with E-state index in [-0.39, 0.29) is 11.9 Å². The number of hydrogen-bond donors (Lipinski definition) is 1. The summed E-state index contributed by atoms with van der Waals surface area (Å²) in [7, 11) is 1.86. The first-order chi connectivity index (χ1) is 7.09. The van der Waals surface area contributed by atoms with Gasteiger partial charge < -0.3 is 10.3 Å². The van der Waals surface area contributed by atoms with Crippen LogP contribution in [0.3, 0.4) is 0 Å². The number of aromatic nitrogens is 1. The van der Waals surface area contributed by atoms with E-state index in [4.69, 9.17) is 5.73 Å². The van der Waals surface area contributed by atoms with Crippen molar-refractivity contribution in [2.75, 3.05) is 0 Å². The summed E-state index contributed by atoms with van der Waals surface area (Å²) in [5, 5.41) is 0.967. The molecule has 1 atom stereocenters. The molecular weight excluding hydrogens is 191 g/mol. The van der Waals surface area contributed by atoms with Crippen LogP contribution in [0.15, 0.2) is 24.4 Å². The lowest BCUT2D eigenvalue weighted by Gasteiger charge is -2.02. The molecule has 1 aromatic carbocycles. The van der Waals surface area contributed by atoms with E-state index >= 15 is 0 Å². The molecule has 2 rings (SSSR count). The number of benzene rings is 1. The summed E-state index contributed by atoms with van der Waals surface area (Å²) < 4.78 is 15.4. The van der Waals surface area contributed by atoms with Crippen LogP contribution in [0.25, 0.3) is 10.9 Å². The van der Waals surface area contributed by atoms with Gasteiger partial charge in [0.15, 0.2) is 0 Å². The van der Waals surface area contributed by atoms with Crippen LogP contribution >= 0.6 is 0 Å². The molecule has 2 N–H and O–H groups in total. The normalized spacial score (nSPS) is 13.3. The molecule has 2 nitrogen and oxygen atoms in total. The summed E-state index contributed by atoms with van der Waals surface area (Å²) in [6.07, 6.45) is 2.73. The summed E-state index contributed by atoms with van der Waals surface area (Å²) in [5.41, 5.74) is 7.53. The second-order valence-corrected chi connectivity index (χ2v) is 4.08. The first-order valence-electron chi connectivity index (χ1n) is 5.07. The van der Waals surface area contributed by atoms with Crippen LogP contribution < -0.4 is 5.73 Å². The molecule has 3 heteroatoms. The largest absolute Gasteiger partial charge is 0.348 e. The topological polar surface area (TPSA) is 30.9 Å². The maximum atomic E-state index is 13.5. The van der Waals surface area contributed by atoms with E-state index in [0.717, 1.165) is 17.4 Å². The first kappa shape index (κ1) is 10.2. The van der Waals surface area contributed by atoms with E-state index in [9.17, 15) is 4.39 Å². The van der Waals surface area contributed by atoms with Crippen molar-refractivity contribution in [3.8, 4) is 0 Å². The average molecular weight is 206 g/mol. The average Bonchev–Trinajstić information content (AvgIpc) is 2.44. The molecule has 0 saturated carbocycles. The molecule has 0 amide bonds. The van der Waals surface area contributed by atoms with Crippen molar-refractivity contribution >= 4 is 10.9 Å². The molecule has 1 heterocycles. The quantitative estimate of drug-likeness (QED) is 0.802. The van der Waals surface area contributed by atoms with Gasteiger partial charge in [-0.2, -0.15) is 0 Å². The predicted octanol–water partition coefficient (Wildman–Crippen LogP) is 2.21. The summed E-state index contributed by atoms with van der Waals surface area (Å²) in [4.78, 5) is 0. The lowest BCUT2D eigenvalue weighted by Crippen LogP contribution is -2.17. The minimum atomic E-state index is -0.175. The highest BCUT2D eigenvalue weighted by Gasteiger charge is 2.10. The van der Waals surface area contributed by atoms with Gasteiger partial charge >= 0.3 is 0 Å². The summed E-state index contributed by atoms with van der Waals surface area (Å²) in [6, 6.07) is 5.26. The number of halogens is 1. The van der Waals surface area contributed by atoms with Crippen molar-refractivity contribution in [2.24, 2.45) is 12.8 Å². The number of nitrogens with zero attached hydrogens (tertiary/aromatic N) is 1. The molecule has 0 saturated heterocycles. The van der Waals surface area contributed by atoms with E-state index in [1.165, 1.54) is 6.07 Å². The molecule has 0 aliphatic carbocycles. The van der Waals surface area contributed by atoms with Crippen LogP contribution in [-0.2, 0) is 13.5 Å². The number of hydrogen-bond acceptors (Lipinski definition) is 1. The fraction of sp³-hybridized carbons (Fsp3) is 0.333. The third-order valence-electron chi connectivity index (χ3n) is 2.58. The van der Waals surface area contributed by atoms with Crippen LogP contribution in [0.4, 0.5) is 4.39 Å². The van der Waals surface area contributed by atoms with Gasteiger partial charge in [-0.25, -0.2) is 4.39 Å². The van der Waals surface area contributed by atoms with E-state index in [0.29, 0.717) is 5.52 Å². The second kappa shape index (κ2) is 3.66. The molecule has 0 radical (unpaired) electrons. The summed E-state index contributed by atoms with van der Waals surface area (Å²) >= 11 is 0. The van der Waals surface area contributed by atoms with Gasteiger partial charge in [-0.05, 0) is 25.0 Å². The van der Waals surface area contributed by atoms with E-state index in [1.54, 1.807) is 6.07 Å². The van der Waals surface area contributed by atoms with Gasteiger partial charge in [-0.1, -0.05) is 12.1 Å². The standard InChI is InChI=1S/C12H15FN2/c1-8(14)6-9-7-15(2)12-10(9)4-3-5-11(12)13/h3-5,7-8H,6,14H2,1-2H3. The maximum Gasteiger partial charge on any atom is 0.147 e. The third-order valence-corrected chi connectivity index (χ3v) is 2.58. The molecule has 15 heavy (non-hydrogen) atoms. The van der Waals surface area contributed by atoms with E-state index in [2.05, 4.69) is 0 Å². The zero-order chi connectivity index (χ0) is 11.0. The third kappa shape index (κ3) is 1.75. The Labute approximate surface area is 88.5 Å². The zero-order valence-corrected chi connectivity index (χ0v) is 9.00. The van der Waals surface area contributed by atoms with Crippen LogP contribution in [0, 0.1) is 5.82 Å². The predicted molar refractivity (Wildman–Crippen MR) is 60.2 cm³/mol. The molecule has 0 fully saturated rings. The molecule has 1 aromatic heterocycles. The minimum absolute atomic E-state index is 0.0962. The van der Waals surface area contributed by atoms with Gasteiger partial charge in [-0.15, -0.1) is 0 Å². The van der Waals surface area contributed by atoms with Crippen LogP contribution in [0.5, 0.6) is 0 Å². The van der Waals surface area contributed by atoms with E-state index < -0.39 is 0 Å². The molecule has 2 aromatic rings. The van der Waals surface area contributed by atoms with Gasteiger partial charge in [0.1, 0.15) is 5.82 Å². The zero-order valence-electron chi connectivity index (χ0n) is 9.00. The highest BCUT2D eigenvalue weighted by atomic mass is 19.1. The van der Waals surface area contributed by atoms with Crippen LogP contribution in [0.2, 0.25) is 0 Å². The fourth-order valence-corrected chi connectivity index (χ4v) is 2.01. The minimum Gasteiger partial charge on any atom is -0.348 e. The van der Waals surface area contributed by atoms with Gasteiger partial charge in [-0.3, -0.25) is 0 Å². The number of nitrogens with two attached hydrogens (primary N) is 1. The molecular formula is C12H15FN2. The number of para-hydroxylation sites is 1. The Bertz CT molecular complexity index is 486. The maximum absolute atomic E-state index is 13.5. The smallest absolute Gasteiger partial charge is 0.147 e. The van der Waals surface area contributed by atoms with Crippen molar-refractivity contribution in [1.29, 1.82) is 0 Å². The van der Waals surface area contributed by atoms with Gasteiger partial charge in [0.05, 0.1) is 5.52 Å². The number of rotatable bonds is 2. The highest BCUT2D eigenvalue weighted by Crippen LogP contribution is 2.23. The molecule has 0 bridgehead atoms. The molecule has 0 aliphatic rings. The molecule has 80 valence electrons. The Hall–Kier alpha value is -1.35. The van der Waals surface area contributed by atoms with Gasteiger partial charge in [0, 0.05) is 24.7 Å². The number of aryl methyl sites for hydroxylation is 1. The van der Waals surface area contributed by atoms with Crippen molar-refractivity contribution < 1.29 is 4.39 Å². The second-order valence-electron chi connectivity index (χ2n) is 4.08. The van der Waals surface area contributed by atoms with Crippen molar-refractivity contribution in [3.63, 3.8) is 0 Å². The molecule has 0 aliphatic heterocycles. The fourth-order valence-electron chi connectivity index (χ4n) is 2.01. The van der Waals surface area contributed by atoms with Crippen molar-refractivity contribution in [2.45, 2.75) is 19.4 Å². The van der Waals surface area contributed by atoms with Crippen LogP contribution in [-0.4, -0.2) is 10.6 Å². The Morgan fingerprint density at radius 2 is 2.20 bits per heavy atom. The lowest BCUT2D eigenvalue weighted by atomic mass is 10.1. The molecule has 0 spiro atoms. The van der Waals surface area contributed by atoms with Crippen molar-refractivity contribution in [1.82, 2.24) is 4.57 Å².